The molecule has 0 amide bonds. The number of aryl methyl sites for hydroxylation is 1. The Morgan fingerprint density at radius 2 is 1.98 bits per heavy atom. The zero-order chi connectivity index (χ0) is 28.0. The number of aromatic nitrogens is 1. The van der Waals surface area contributed by atoms with E-state index in [2.05, 4.69) is 48.2 Å². The van der Waals surface area contributed by atoms with Gasteiger partial charge in [-0.25, -0.2) is 4.79 Å². The lowest BCUT2D eigenvalue weighted by molar-refractivity contribution is -0.166. The maximum atomic E-state index is 13.5. The van der Waals surface area contributed by atoms with Crippen molar-refractivity contribution in [1.29, 1.82) is 0 Å². The Bertz CT molecular complexity index is 1690. The SMILES string of the molecule is CCOC(=O)[C@H](OC(C)(C)C)c1c(C)cc2cc(C#CC3CC3)ccc2c1-c1ccc2c3c(ccnc13)CCO2. The molecule has 0 saturated heterocycles. The highest BCUT2D eigenvalue weighted by Crippen LogP contribution is 2.45. The van der Waals surface area contributed by atoms with Gasteiger partial charge in [-0.3, -0.25) is 4.98 Å². The molecule has 0 N–H and O–H groups in total. The van der Waals surface area contributed by atoms with E-state index in [1.807, 2.05) is 46.9 Å². The molecule has 40 heavy (non-hydrogen) atoms. The molecule has 204 valence electrons. The third-order valence-corrected chi connectivity index (χ3v) is 7.46. The molecule has 1 fully saturated rings. The van der Waals surface area contributed by atoms with Crippen LogP contribution < -0.4 is 4.74 Å². The summed E-state index contributed by atoms with van der Waals surface area (Å²) in [5.74, 6) is 7.72. The molecule has 1 aromatic heterocycles. The Labute approximate surface area is 235 Å². The van der Waals surface area contributed by atoms with Crippen molar-refractivity contribution in [3.05, 3.63) is 70.9 Å². The minimum Gasteiger partial charge on any atom is -0.493 e. The minimum absolute atomic E-state index is 0.272. The molecule has 0 spiro atoms. The lowest BCUT2D eigenvalue weighted by Gasteiger charge is -2.30. The largest absolute Gasteiger partial charge is 0.493 e. The number of pyridine rings is 1. The molecule has 2 aliphatic rings. The average molecular weight is 534 g/mol. The van der Waals surface area contributed by atoms with Crippen molar-refractivity contribution in [3.63, 3.8) is 0 Å². The summed E-state index contributed by atoms with van der Waals surface area (Å²) < 4.78 is 18.1. The molecule has 0 unspecified atom stereocenters. The van der Waals surface area contributed by atoms with Crippen LogP contribution in [-0.4, -0.2) is 29.8 Å². The number of hydrogen-bond donors (Lipinski definition) is 0. The van der Waals surface area contributed by atoms with Crippen LogP contribution in [0.25, 0.3) is 32.8 Å². The molecular formula is C35H35NO4. The molecule has 3 aromatic carbocycles. The number of benzene rings is 3. The van der Waals surface area contributed by atoms with Gasteiger partial charge in [0.15, 0.2) is 6.10 Å². The quantitative estimate of drug-likeness (QED) is 0.197. The van der Waals surface area contributed by atoms with Gasteiger partial charge in [-0.15, -0.1) is 0 Å². The predicted molar refractivity (Wildman–Crippen MR) is 158 cm³/mol. The molecule has 4 aromatic rings. The van der Waals surface area contributed by atoms with Gasteiger partial charge >= 0.3 is 5.97 Å². The summed E-state index contributed by atoms with van der Waals surface area (Å²) in [5, 5.41) is 3.11. The third kappa shape index (κ3) is 5.05. The van der Waals surface area contributed by atoms with E-state index in [4.69, 9.17) is 19.2 Å². The second-order valence-electron chi connectivity index (χ2n) is 11.7. The van der Waals surface area contributed by atoms with Crippen LogP contribution in [0.5, 0.6) is 5.75 Å². The van der Waals surface area contributed by atoms with Gasteiger partial charge < -0.3 is 14.2 Å². The van der Waals surface area contributed by atoms with Crippen LogP contribution in [0.4, 0.5) is 0 Å². The second kappa shape index (κ2) is 10.3. The third-order valence-electron chi connectivity index (χ3n) is 7.46. The first-order valence-corrected chi connectivity index (χ1v) is 14.2. The smallest absolute Gasteiger partial charge is 0.339 e. The molecule has 1 atom stereocenters. The number of esters is 1. The molecule has 1 saturated carbocycles. The van der Waals surface area contributed by atoms with Crippen LogP contribution in [0.2, 0.25) is 0 Å². The number of ether oxygens (including phenoxy) is 3. The molecule has 6 rings (SSSR count). The Balaban J connectivity index is 1.66. The van der Waals surface area contributed by atoms with Crippen LogP contribution in [0.3, 0.4) is 0 Å². The maximum Gasteiger partial charge on any atom is 0.339 e. The lowest BCUT2D eigenvalue weighted by atomic mass is 9.85. The van der Waals surface area contributed by atoms with Crippen molar-refractivity contribution in [2.45, 2.75) is 65.6 Å². The van der Waals surface area contributed by atoms with E-state index in [0.717, 1.165) is 61.7 Å². The van der Waals surface area contributed by atoms with Crippen molar-refractivity contribution < 1.29 is 19.0 Å². The van der Waals surface area contributed by atoms with Gasteiger partial charge in [0.05, 0.1) is 24.3 Å². The number of hydrogen-bond acceptors (Lipinski definition) is 5. The summed E-state index contributed by atoms with van der Waals surface area (Å²) in [6, 6.07) is 14.6. The van der Waals surface area contributed by atoms with Gasteiger partial charge in [-0.05, 0) is 105 Å². The van der Waals surface area contributed by atoms with Crippen molar-refractivity contribution in [1.82, 2.24) is 4.98 Å². The molecule has 5 nitrogen and oxygen atoms in total. The van der Waals surface area contributed by atoms with Gasteiger partial charge in [-0.1, -0.05) is 24.0 Å². The highest BCUT2D eigenvalue weighted by atomic mass is 16.6. The molecule has 1 aliphatic carbocycles. The fraction of sp³-hybridized carbons (Fsp3) is 0.371. The van der Waals surface area contributed by atoms with Crippen LogP contribution in [0.1, 0.15) is 68.9 Å². The minimum atomic E-state index is -0.907. The van der Waals surface area contributed by atoms with E-state index in [0.29, 0.717) is 12.5 Å². The Morgan fingerprint density at radius 1 is 1.15 bits per heavy atom. The predicted octanol–water partition coefficient (Wildman–Crippen LogP) is 7.48. The van der Waals surface area contributed by atoms with E-state index < -0.39 is 17.7 Å². The van der Waals surface area contributed by atoms with Crippen molar-refractivity contribution >= 4 is 27.6 Å². The van der Waals surface area contributed by atoms with Gasteiger partial charge in [-0.2, -0.15) is 0 Å². The summed E-state index contributed by atoms with van der Waals surface area (Å²) >= 11 is 0. The summed E-state index contributed by atoms with van der Waals surface area (Å²) in [5.41, 5.74) is 6.12. The fourth-order valence-corrected chi connectivity index (χ4v) is 5.58. The first-order chi connectivity index (χ1) is 19.2. The number of carbonyl (C=O) groups excluding carboxylic acids is 1. The topological polar surface area (TPSA) is 57.7 Å². The average Bonchev–Trinajstić information content (AvgIpc) is 3.75. The highest BCUT2D eigenvalue weighted by molar-refractivity contribution is 6.09. The van der Waals surface area contributed by atoms with Crippen LogP contribution in [0, 0.1) is 24.7 Å². The van der Waals surface area contributed by atoms with Gasteiger partial charge in [0.25, 0.3) is 0 Å². The monoisotopic (exact) mass is 533 g/mol. The lowest BCUT2D eigenvalue weighted by Crippen LogP contribution is -2.29. The Hall–Kier alpha value is -3.88. The van der Waals surface area contributed by atoms with Gasteiger partial charge in [0.2, 0.25) is 0 Å². The van der Waals surface area contributed by atoms with E-state index in [1.54, 1.807) is 0 Å². The highest BCUT2D eigenvalue weighted by Gasteiger charge is 2.33. The Kier molecular flexibility index (Phi) is 6.76. The van der Waals surface area contributed by atoms with Crippen LogP contribution in [0.15, 0.2) is 48.7 Å². The van der Waals surface area contributed by atoms with Crippen molar-refractivity contribution in [2.75, 3.05) is 13.2 Å². The molecule has 2 heterocycles. The van der Waals surface area contributed by atoms with Gasteiger partial charge in [0, 0.05) is 40.6 Å². The number of carbonyl (C=O) groups is 1. The summed E-state index contributed by atoms with van der Waals surface area (Å²) in [6.07, 6.45) is 4.18. The first kappa shape index (κ1) is 26.3. The Morgan fingerprint density at radius 3 is 2.73 bits per heavy atom. The van der Waals surface area contributed by atoms with E-state index >= 15 is 0 Å². The first-order valence-electron chi connectivity index (χ1n) is 14.2. The molecule has 0 radical (unpaired) electrons. The zero-order valence-corrected chi connectivity index (χ0v) is 23.9. The van der Waals surface area contributed by atoms with Crippen LogP contribution in [-0.2, 0) is 20.7 Å². The number of rotatable bonds is 5. The molecule has 0 bridgehead atoms. The zero-order valence-electron chi connectivity index (χ0n) is 23.9. The normalized spacial score (nSPS) is 15.3. The van der Waals surface area contributed by atoms with E-state index in [9.17, 15) is 4.79 Å². The standard InChI is InChI=1S/C35H35NO4/c1-6-38-34(37)33(40-35(3,4)5)29-21(2)19-25-20-23(10-9-22-7-8-22)11-12-26(25)31(29)27-13-14-28-30-24(16-18-39-28)15-17-36-32(27)30/h11-15,17,19-20,22,33H,6-8,16,18H2,1-5H3/t33-/m1/s1. The van der Waals surface area contributed by atoms with E-state index in [-0.39, 0.29) is 6.61 Å². The second-order valence-corrected chi connectivity index (χ2v) is 11.7. The molecular weight excluding hydrogens is 498 g/mol. The van der Waals surface area contributed by atoms with Gasteiger partial charge in [0.1, 0.15) is 5.75 Å². The van der Waals surface area contributed by atoms with E-state index in [1.165, 1.54) is 18.4 Å². The maximum absolute atomic E-state index is 13.5. The molecule has 1 aliphatic heterocycles. The van der Waals surface area contributed by atoms with Crippen LogP contribution >= 0.6 is 0 Å². The number of nitrogens with zero attached hydrogens (tertiary/aromatic N) is 1. The molecule has 5 heteroatoms. The number of fused-ring (bicyclic) bond motifs is 1. The van der Waals surface area contributed by atoms with Crippen molar-refractivity contribution in [3.8, 4) is 28.7 Å². The van der Waals surface area contributed by atoms with Crippen molar-refractivity contribution in [2.24, 2.45) is 5.92 Å². The fourth-order valence-electron chi connectivity index (χ4n) is 5.58. The summed E-state index contributed by atoms with van der Waals surface area (Å²) in [4.78, 5) is 18.4. The summed E-state index contributed by atoms with van der Waals surface area (Å²) in [6.45, 7) is 10.7. The summed E-state index contributed by atoms with van der Waals surface area (Å²) in [7, 11) is 0.